The van der Waals surface area contributed by atoms with Gasteiger partial charge in [-0.25, -0.2) is 0 Å². The van der Waals surface area contributed by atoms with Gasteiger partial charge in [-0.3, -0.25) is 4.79 Å². The summed E-state index contributed by atoms with van der Waals surface area (Å²) in [5, 5.41) is 9.64. The van der Waals surface area contributed by atoms with Gasteiger partial charge in [-0.15, -0.1) is 0 Å². The van der Waals surface area contributed by atoms with Crippen LogP contribution in [0.2, 0.25) is 0 Å². The van der Waals surface area contributed by atoms with E-state index in [9.17, 15) is 9.90 Å². The van der Waals surface area contributed by atoms with Gasteiger partial charge >= 0.3 is 0 Å². The summed E-state index contributed by atoms with van der Waals surface area (Å²) in [6.45, 7) is 2.03. The first-order valence-electron chi connectivity index (χ1n) is 4.07. The smallest absolute Gasteiger partial charge is 0.249 e. The third-order valence-electron chi connectivity index (χ3n) is 2.43. The van der Waals surface area contributed by atoms with Crippen LogP contribution in [0.3, 0.4) is 0 Å². The van der Waals surface area contributed by atoms with Crippen LogP contribution in [0.25, 0.3) is 0 Å². The molecule has 1 amide bonds. The van der Waals surface area contributed by atoms with Crippen LogP contribution < -0.4 is 5.73 Å². The van der Waals surface area contributed by atoms with Crippen LogP contribution in [0.1, 0.15) is 32.6 Å². The lowest BCUT2D eigenvalue weighted by Gasteiger charge is -2.32. The number of rotatable bonds is 1. The Hall–Kier alpha value is -0.570. The van der Waals surface area contributed by atoms with Gasteiger partial charge in [-0.1, -0.05) is 13.3 Å². The van der Waals surface area contributed by atoms with Crippen LogP contribution >= 0.6 is 0 Å². The molecule has 64 valence electrons. The fourth-order valence-electron chi connectivity index (χ4n) is 1.75. The van der Waals surface area contributed by atoms with E-state index in [2.05, 4.69) is 0 Å². The van der Waals surface area contributed by atoms with Crippen LogP contribution in [0.4, 0.5) is 0 Å². The number of carbonyl (C=O) groups is 1. The molecule has 0 spiro atoms. The second-order valence-corrected chi connectivity index (χ2v) is 3.60. The highest BCUT2D eigenvalue weighted by Gasteiger charge is 2.37. The molecule has 0 aliphatic heterocycles. The first-order valence-corrected chi connectivity index (χ1v) is 4.07. The Kier molecular flexibility index (Phi) is 2.18. The Morgan fingerprint density at radius 2 is 2.36 bits per heavy atom. The van der Waals surface area contributed by atoms with Crippen LogP contribution in [0, 0.1) is 5.92 Å². The molecule has 1 fully saturated rings. The van der Waals surface area contributed by atoms with Gasteiger partial charge in [0.1, 0.15) is 5.60 Å². The zero-order valence-corrected chi connectivity index (χ0v) is 6.84. The molecule has 3 heteroatoms. The lowest BCUT2D eigenvalue weighted by atomic mass is 9.78. The zero-order valence-electron chi connectivity index (χ0n) is 6.84. The maximum absolute atomic E-state index is 10.8. The number of primary amides is 1. The second kappa shape index (κ2) is 2.81. The first-order chi connectivity index (χ1) is 5.04. The number of hydrogen-bond donors (Lipinski definition) is 2. The van der Waals surface area contributed by atoms with Crippen LogP contribution in [0.5, 0.6) is 0 Å². The van der Waals surface area contributed by atoms with E-state index in [1.165, 1.54) is 0 Å². The van der Waals surface area contributed by atoms with Gasteiger partial charge in [0.05, 0.1) is 0 Å². The average molecular weight is 157 g/mol. The van der Waals surface area contributed by atoms with Crippen molar-refractivity contribution in [1.82, 2.24) is 0 Å². The number of carbonyl (C=O) groups excluding carboxylic acids is 1. The van der Waals surface area contributed by atoms with Gasteiger partial charge in [0.2, 0.25) is 5.91 Å². The van der Waals surface area contributed by atoms with Crippen LogP contribution in [0.15, 0.2) is 0 Å². The molecule has 0 saturated heterocycles. The third-order valence-corrected chi connectivity index (χ3v) is 2.43. The number of aliphatic hydroxyl groups is 1. The van der Waals surface area contributed by atoms with Crippen molar-refractivity contribution < 1.29 is 9.90 Å². The Bertz CT molecular complexity index is 169. The highest BCUT2D eigenvalue weighted by molar-refractivity contribution is 5.83. The van der Waals surface area contributed by atoms with E-state index in [1.54, 1.807) is 0 Å². The molecular weight excluding hydrogens is 142 g/mol. The molecule has 0 unspecified atom stereocenters. The summed E-state index contributed by atoms with van der Waals surface area (Å²) < 4.78 is 0. The van der Waals surface area contributed by atoms with E-state index >= 15 is 0 Å². The van der Waals surface area contributed by atoms with E-state index < -0.39 is 11.5 Å². The van der Waals surface area contributed by atoms with Crippen LogP contribution in [-0.4, -0.2) is 16.6 Å². The Labute approximate surface area is 66.6 Å². The van der Waals surface area contributed by atoms with Gasteiger partial charge in [-0.05, 0) is 25.2 Å². The first kappa shape index (κ1) is 8.53. The van der Waals surface area contributed by atoms with E-state index in [4.69, 9.17) is 5.73 Å². The quantitative estimate of drug-likeness (QED) is 0.579. The summed E-state index contributed by atoms with van der Waals surface area (Å²) in [5.74, 6) is -0.148. The summed E-state index contributed by atoms with van der Waals surface area (Å²) >= 11 is 0. The molecule has 0 bridgehead atoms. The Morgan fingerprint density at radius 1 is 1.73 bits per heavy atom. The molecule has 0 aromatic carbocycles. The van der Waals surface area contributed by atoms with E-state index in [0.717, 1.165) is 12.8 Å². The van der Waals surface area contributed by atoms with Gasteiger partial charge in [0.25, 0.3) is 0 Å². The Morgan fingerprint density at radius 3 is 2.73 bits per heavy atom. The van der Waals surface area contributed by atoms with Gasteiger partial charge in [0, 0.05) is 0 Å². The molecular formula is C8H15NO2. The van der Waals surface area contributed by atoms with Crippen molar-refractivity contribution in [3.8, 4) is 0 Å². The van der Waals surface area contributed by atoms with Crippen molar-refractivity contribution in [1.29, 1.82) is 0 Å². The summed E-state index contributed by atoms with van der Waals surface area (Å²) in [4.78, 5) is 10.8. The summed E-state index contributed by atoms with van der Waals surface area (Å²) in [7, 11) is 0. The lowest BCUT2D eigenvalue weighted by molar-refractivity contribution is -0.141. The standard InChI is InChI=1S/C8H15NO2/c1-6-3-2-4-8(11,5-6)7(9)10/h6,11H,2-5H2,1H3,(H2,9,10)/t6-,8+/m0/s1. The molecule has 1 saturated carbocycles. The van der Waals surface area contributed by atoms with Crippen LogP contribution in [-0.2, 0) is 4.79 Å². The van der Waals surface area contributed by atoms with Gasteiger partial charge < -0.3 is 10.8 Å². The molecule has 1 rings (SSSR count). The van der Waals surface area contributed by atoms with Crippen molar-refractivity contribution in [3.63, 3.8) is 0 Å². The summed E-state index contributed by atoms with van der Waals surface area (Å²) in [6.07, 6.45) is 3.06. The molecule has 3 nitrogen and oxygen atoms in total. The molecule has 2 atom stereocenters. The minimum Gasteiger partial charge on any atom is -0.380 e. The predicted molar refractivity (Wildman–Crippen MR) is 41.8 cm³/mol. The fraction of sp³-hybridized carbons (Fsp3) is 0.875. The van der Waals surface area contributed by atoms with Crippen molar-refractivity contribution in [3.05, 3.63) is 0 Å². The molecule has 11 heavy (non-hydrogen) atoms. The molecule has 0 aromatic rings. The van der Waals surface area contributed by atoms with E-state index in [0.29, 0.717) is 18.8 Å². The molecule has 0 heterocycles. The third kappa shape index (κ3) is 1.71. The van der Waals surface area contributed by atoms with Gasteiger partial charge in [0.15, 0.2) is 0 Å². The minimum atomic E-state index is -1.21. The largest absolute Gasteiger partial charge is 0.380 e. The SMILES string of the molecule is C[C@H]1CCC[C@](O)(C(N)=O)C1. The lowest BCUT2D eigenvalue weighted by Crippen LogP contribution is -2.46. The number of nitrogens with two attached hydrogens (primary N) is 1. The fourth-order valence-corrected chi connectivity index (χ4v) is 1.75. The zero-order chi connectivity index (χ0) is 8.48. The number of amides is 1. The normalized spacial score (nSPS) is 38.5. The summed E-state index contributed by atoms with van der Waals surface area (Å²) in [6, 6.07) is 0. The maximum Gasteiger partial charge on any atom is 0.249 e. The van der Waals surface area contributed by atoms with E-state index in [1.807, 2.05) is 6.92 Å². The molecule has 0 aromatic heterocycles. The number of hydrogen-bond acceptors (Lipinski definition) is 2. The highest BCUT2D eigenvalue weighted by Crippen LogP contribution is 2.31. The van der Waals surface area contributed by atoms with Crippen molar-refractivity contribution in [2.45, 2.75) is 38.2 Å². The minimum absolute atomic E-state index is 0.418. The Balaban J connectivity index is 2.63. The second-order valence-electron chi connectivity index (χ2n) is 3.60. The summed E-state index contributed by atoms with van der Waals surface area (Å²) in [5.41, 5.74) is 3.86. The molecule has 1 aliphatic carbocycles. The van der Waals surface area contributed by atoms with Crippen molar-refractivity contribution >= 4 is 5.91 Å². The van der Waals surface area contributed by atoms with Crippen molar-refractivity contribution in [2.24, 2.45) is 11.7 Å². The molecule has 1 aliphatic rings. The molecule has 3 N–H and O–H groups in total. The topological polar surface area (TPSA) is 63.3 Å². The predicted octanol–water partition coefficient (Wildman–Crippen LogP) is 0.413. The molecule has 0 radical (unpaired) electrons. The average Bonchev–Trinajstić information content (AvgIpc) is 1.86. The monoisotopic (exact) mass is 157 g/mol. The maximum atomic E-state index is 10.8. The van der Waals surface area contributed by atoms with E-state index in [-0.39, 0.29) is 0 Å². The highest BCUT2D eigenvalue weighted by atomic mass is 16.3. The van der Waals surface area contributed by atoms with Crippen molar-refractivity contribution in [2.75, 3.05) is 0 Å². The van der Waals surface area contributed by atoms with Gasteiger partial charge in [-0.2, -0.15) is 0 Å².